The molecule has 0 radical (unpaired) electrons. The van der Waals surface area contributed by atoms with Gasteiger partial charge in [-0.3, -0.25) is 0 Å². The van der Waals surface area contributed by atoms with Gasteiger partial charge in [0, 0.05) is 23.8 Å². The van der Waals surface area contributed by atoms with Crippen molar-refractivity contribution in [3.63, 3.8) is 0 Å². The summed E-state index contributed by atoms with van der Waals surface area (Å²) in [7, 11) is 1.71. The van der Waals surface area contributed by atoms with Crippen molar-refractivity contribution in [2.24, 2.45) is 5.73 Å². The van der Waals surface area contributed by atoms with Crippen LogP contribution in [-0.2, 0) is 4.74 Å². The fourth-order valence-electron chi connectivity index (χ4n) is 3.64. The Kier molecular flexibility index (Phi) is 3.85. The molecule has 1 heterocycles. The first-order chi connectivity index (χ1) is 9.72. The van der Waals surface area contributed by atoms with Gasteiger partial charge in [0.1, 0.15) is 5.75 Å². The van der Waals surface area contributed by atoms with Gasteiger partial charge in [-0.25, -0.2) is 0 Å². The van der Waals surface area contributed by atoms with E-state index in [-0.39, 0.29) is 6.04 Å². The normalized spacial score (nSPS) is 27.2. The maximum Gasteiger partial charge on any atom is 0.125 e. The molecule has 110 valence electrons. The van der Waals surface area contributed by atoms with Crippen molar-refractivity contribution in [1.29, 1.82) is 0 Å². The topological polar surface area (TPSA) is 47.7 Å². The number of morpholine rings is 1. The fourth-order valence-corrected chi connectivity index (χ4v) is 3.64. The van der Waals surface area contributed by atoms with Gasteiger partial charge in [0.15, 0.2) is 0 Å². The molecule has 1 saturated heterocycles. The summed E-state index contributed by atoms with van der Waals surface area (Å²) in [4.78, 5) is 2.49. The van der Waals surface area contributed by atoms with Crippen molar-refractivity contribution >= 4 is 5.69 Å². The number of fused-ring (bicyclic) bond motifs is 1. The number of benzene rings is 1. The van der Waals surface area contributed by atoms with Gasteiger partial charge in [0.25, 0.3) is 0 Å². The van der Waals surface area contributed by atoms with Crippen LogP contribution in [0.2, 0.25) is 0 Å². The molecule has 1 aromatic rings. The molecule has 0 spiro atoms. The van der Waals surface area contributed by atoms with Crippen molar-refractivity contribution in [3.8, 4) is 5.75 Å². The minimum atomic E-state index is -0.0381. The Balaban J connectivity index is 2.00. The van der Waals surface area contributed by atoms with Crippen LogP contribution in [-0.4, -0.2) is 32.4 Å². The van der Waals surface area contributed by atoms with E-state index >= 15 is 0 Å². The van der Waals surface area contributed by atoms with Gasteiger partial charge in [0.05, 0.1) is 25.9 Å². The zero-order valence-corrected chi connectivity index (χ0v) is 12.3. The highest BCUT2D eigenvalue weighted by atomic mass is 16.5. The van der Waals surface area contributed by atoms with Gasteiger partial charge in [-0.2, -0.15) is 0 Å². The van der Waals surface area contributed by atoms with Gasteiger partial charge >= 0.3 is 0 Å². The summed E-state index contributed by atoms with van der Waals surface area (Å²) >= 11 is 0. The monoisotopic (exact) mass is 276 g/mol. The molecule has 0 bridgehead atoms. The molecular formula is C16H24N2O2. The van der Waals surface area contributed by atoms with Gasteiger partial charge in [-0.1, -0.05) is 6.07 Å². The predicted octanol–water partition coefficient (Wildman–Crippen LogP) is 2.47. The van der Waals surface area contributed by atoms with Gasteiger partial charge < -0.3 is 20.1 Å². The Hall–Kier alpha value is -1.26. The van der Waals surface area contributed by atoms with Crippen LogP contribution >= 0.6 is 0 Å². The highest BCUT2D eigenvalue weighted by Gasteiger charge is 2.37. The third-order valence-corrected chi connectivity index (χ3v) is 4.51. The molecule has 3 unspecified atom stereocenters. The maximum absolute atomic E-state index is 6.20. The van der Waals surface area contributed by atoms with E-state index in [1.54, 1.807) is 7.11 Å². The lowest BCUT2D eigenvalue weighted by Crippen LogP contribution is -2.49. The van der Waals surface area contributed by atoms with E-state index in [0.717, 1.165) is 24.5 Å². The van der Waals surface area contributed by atoms with Crippen molar-refractivity contribution in [3.05, 3.63) is 23.8 Å². The van der Waals surface area contributed by atoms with Crippen molar-refractivity contribution < 1.29 is 9.47 Å². The molecular weight excluding hydrogens is 252 g/mol. The Morgan fingerprint density at radius 3 is 3.00 bits per heavy atom. The zero-order valence-electron chi connectivity index (χ0n) is 12.3. The molecule has 20 heavy (non-hydrogen) atoms. The van der Waals surface area contributed by atoms with E-state index in [2.05, 4.69) is 17.0 Å². The van der Waals surface area contributed by atoms with Crippen LogP contribution in [0, 0.1) is 0 Å². The van der Waals surface area contributed by atoms with Crippen LogP contribution in [0.25, 0.3) is 0 Å². The fraction of sp³-hybridized carbons (Fsp3) is 0.625. The lowest BCUT2D eigenvalue weighted by molar-refractivity contribution is 0.0255. The number of hydrogen-bond acceptors (Lipinski definition) is 4. The maximum atomic E-state index is 6.20. The minimum Gasteiger partial charge on any atom is -0.496 e. The summed E-state index contributed by atoms with van der Waals surface area (Å²) < 4.78 is 11.4. The summed E-state index contributed by atoms with van der Waals surface area (Å²) in [5.41, 5.74) is 8.53. The molecule has 2 N–H and O–H groups in total. The van der Waals surface area contributed by atoms with E-state index < -0.39 is 0 Å². The van der Waals surface area contributed by atoms with Crippen LogP contribution in [0.5, 0.6) is 5.75 Å². The summed E-state index contributed by atoms with van der Waals surface area (Å²) in [6, 6.07) is 6.67. The van der Waals surface area contributed by atoms with E-state index in [0.29, 0.717) is 12.1 Å². The average molecular weight is 276 g/mol. The number of ether oxygens (including phenoxy) is 2. The Morgan fingerprint density at radius 2 is 2.25 bits per heavy atom. The van der Waals surface area contributed by atoms with E-state index in [9.17, 15) is 0 Å². The van der Waals surface area contributed by atoms with Crippen LogP contribution in [0.15, 0.2) is 18.2 Å². The average Bonchev–Trinajstić information content (AvgIpc) is 2.94. The summed E-state index contributed by atoms with van der Waals surface area (Å²) in [5.74, 6) is 0.888. The van der Waals surface area contributed by atoms with E-state index in [4.69, 9.17) is 15.2 Å². The Bertz CT molecular complexity index is 476. The standard InChI is InChI=1S/C16H24N2O2/c1-11(17)16-13(6-4-8-15(16)19-2)18-9-10-20-14-7-3-5-12(14)18/h4,6,8,11-12,14H,3,5,7,9-10,17H2,1-2H3. The summed E-state index contributed by atoms with van der Waals surface area (Å²) in [5, 5.41) is 0. The van der Waals surface area contributed by atoms with E-state index in [1.165, 1.54) is 24.9 Å². The highest BCUT2D eigenvalue weighted by molar-refractivity contribution is 5.61. The molecule has 4 nitrogen and oxygen atoms in total. The summed E-state index contributed by atoms with van der Waals surface area (Å²) in [6.07, 6.45) is 4.03. The number of rotatable bonds is 3. The van der Waals surface area contributed by atoms with Crippen LogP contribution in [0.4, 0.5) is 5.69 Å². The molecule has 1 aromatic carbocycles. The first-order valence-corrected chi connectivity index (χ1v) is 7.53. The number of nitrogens with two attached hydrogens (primary N) is 1. The first kappa shape index (κ1) is 13.7. The first-order valence-electron chi connectivity index (χ1n) is 7.53. The van der Waals surface area contributed by atoms with Crippen molar-refractivity contribution in [1.82, 2.24) is 0 Å². The van der Waals surface area contributed by atoms with Gasteiger partial charge in [-0.15, -0.1) is 0 Å². The molecule has 3 atom stereocenters. The van der Waals surface area contributed by atoms with Gasteiger partial charge in [-0.05, 0) is 38.3 Å². The molecule has 2 fully saturated rings. The molecule has 3 rings (SSSR count). The lowest BCUT2D eigenvalue weighted by atomic mass is 10.0. The molecule has 1 aliphatic heterocycles. The third kappa shape index (κ3) is 2.27. The van der Waals surface area contributed by atoms with Crippen LogP contribution in [0.3, 0.4) is 0 Å². The molecule has 0 amide bonds. The SMILES string of the molecule is COc1cccc(N2CCOC3CCCC32)c1C(C)N. The van der Waals surface area contributed by atoms with E-state index in [1.807, 2.05) is 13.0 Å². The second-order valence-electron chi connectivity index (χ2n) is 5.78. The number of anilines is 1. The quantitative estimate of drug-likeness (QED) is 0.921. The molecule has 2 aliphatic rings. The van der Waals surface area contributed by atoms with Gasteiger partial charge in [0.2, 0.25) is 0 Å². The lowest BCUT2D eigenvalue weighted by Gasteiger charge is -2.40. The summed E-state index contributed by atoms with van der Waals surface area (Å²) in [6.45, 7) is 3.76. The minimum absolute atomic E-state index is 0.0381. The molecule has 0 aromatic heterocycles. The smallest absolute Gasteiger partial charge is 0.125 e. The zero-order chi connectivity index (χ0) is 14.1. The number of hydrogen-bond donors (Lipinski definition) is 1. The van der Waals surface area contributed by atoms with Crippen LogP contribution in [0.1, 0.15) is 37.8 Å². The Morgan fingerprint density at radius 1 is 1.40 bits per heavy atom. The van der Waals surface area contributed by atoms with Crippen LogP contribution < -0.4 is 15.4 Å². The second-order valence-corrected chi connectivity index (χ2v) is 5.78. The molecule has 4 heteroatoms. The largest absolute Gasteiger partial charge is 0.496 e. The van der Waals surface area contributed by atoms with Crippen molar-refractivity contribution in [2.75, 3.05) is 25.2 Å². The Labute approximate surface area is 120 Å². The highest BCUT2D eigenvalue weighted by Crippen LogP contribution is 2.39. The molecule has 1 aliphatic carbocycles. The third-order valence-electron chi connectivity index (χ3n) is 4.51. The number of methoxy groups -OCH3 is 1. The number of nitrogens with zero attached hydrogens (tertiary/aromatic N) is 1. The second kappa shape index (κ2) is 5.62. The van der Waals surface area contributed by atoms with Crippen molar-refractivity contribution in [2.45, 2.75) is 44.4 Å². The molecule has 1 saturated carbocycles. The predicted molar refractivity (Wildman–Crippen MR) is 80.3 cm³/mol.